The Morgan fingerprint density at radius 2 is 2.54 bits per heavy atom. The van der Waals surface area contributed by atoms with Crippen LogP contribution in [0.3, 0.4) is 0 Å². The van der Waals surface area contributed by atoms with Crippen molar-refractivity contribution < 1.29 is 9.90 Å². The first-order valence-corrected chi connectivity index (χ1v) is 6.62. The van der Waals surface area contributed by atoms with E-state index in [1.807, 2.05) is 11.8 Å². The van der Waals surface area contributed by atoms with Gasteiger partial charge in [-0.25, -0.2) is 0 Å². The van der Waals surface area contributed by atoms with Crippen molar-refractivity contribution in [1.82, 2.24) is 5.32 Å². The molecule has 0 aromatic heterocycles. The van der Waals surface area contributed by atoms with Gasteiger partial charge in [-0.2, -0.15) is 11.8 Å². The molecule has 1 rings (SSSR count). The molecule has 5 heteroatoms. The molecule has 1 unspecified atom stereocenters. The minimum atomic E-state index is -0.724. The largest absolute Gasteiger partial charge is 0.480 e. The van der Waals surface area contributed by atoms with Crippen molar-refractivity contribution in [3.05, 3.63) is 0 Å². The van der Waals surface area contributed by atoms with Gasteiger partial charge < -0.3 is 5.11 Å². The van der Waals surface area contributed by atoms with Gasteiger partial charge in [0, 0.05) is 5.75 Å². The van der Waals surface area contributed by atoms with Gasteiger partial charge in [0.25, 0.3) is 0 Å². The molecule has 1 saturated heterocycles. The van der Waals surface area contributed by atoms with Crippen LogP contribution in [-0.2, 0) is 4.79 Å². The SMILES string of the molecule is CCSCCC1N[C@H](C(=O)O)CS1. The molecule has 0 saturated carbocycles. The maximum absolute atomic E-state index is 10.6. The molecule has 1 aliphatic rings. The minimum absolute atomic E-state index is 0.332. The van der Waals surface area contributed by atoms with E-state index in [4.69, 9.17) is 5.11 Å². The summed E-state index contributed by atoms with van der Waals surface area (Å²) in [7, 11) is 0. The highest BCUT2D eigenvalue weighted by Crippen LogP contribution is 2.22. The lowest BCUT2D eigenvalue weighted by atomic mass is 10.3. The summed E-state index contributed by atoms with van der Waals surface area (Å²) in [5.74, 6) is 2.24. The van der Waals surface area contributed by atoms with Gasteiger partial charge in [0.1, 0.15) is 6.04 Å². The molecule has 1 heterocycles. The third-order valence-electron chi connectivity index (χ3n) is 1.88. The molecule has 2 atom stereocenters. The van der Waals surface area contributed by atoms with Crippen molar-refractivity contribution in [2.45, 2.75) is 24.8 Å². The lowest BCUT2D eigenvalue weighted by Crippen LogP contribution is -2.36. The van der Waals surface area contributed by atoms with E-state index in [2.05, 4.69) is 12.2 Å². The Kier molecular flexibility index (Phi) is 4.98. The molecular formula is C8H15NO2S2. The predicted molar refractivity (Wildman–Crippen MR) is 58.4 cm³/mol. The summed E-state index contributed by atoms with van der Waals surface area (Å²) in [6.07, 6.45) is 1.06. The number of carboxylic acid groups (broad SMARTS) is 1. The summed E-state index contributed by atoms with van der Waals surface area (Å²) in [4.78, 5) is 10.6. The van der Waals surface area contributed by atoms with Crippen LogP contribution in [0.2, 0.25) is 0 Å². The monoisotopic (exact) mass is 221 g/mol. The smallest absolute Gasteiger partial charge is 0.321 e. The number of nitrogens with one attached hydrogen (secondary N) is 1. The average Bonchev–Trinajstić information content (AvgIpc) is 2.53. The van der Waals surface area contributed by atoms with E-state index in [0.29, 0.717) is 11.1 Å². The molecule has 13 heavy (non-hydrogen) atoms. The van der Waals surface area contributed by atoms with Crippen molar-refractivity contribution >= 4 is 29.5 Å². The molecule has 0 aliphatic carbocycles. The van der Waals surface area contributed by atoms with Crippen LogP contribution in [0.25, 0.3) is 0 Å². The zero-order chi connectivity index (χ0) is 9.68. The zero-order valence-corrected chi connectivity index (χ0v) is 9.29. The lowest BCUT2D eigenvalue weighted by Gasteiger charge is -2.09. The highest BCUT2D eigenvalue weighted by Gasteiger charge is 2.28. The molecule has 0 spiro atoms. The van der Waals surface area contributed by atoms with Crippen molar-refractivity contribution in [2.75, 3.05) is 17.3 Å². The Hall–Kier alpha value is 0.130. The van der Waals surface area contributed by atoms with Gasteiger partial charge in [-0.05, 0) is 17.9 Å². The van der Waals surface area contributed by atoms with Crippen LogP contribution in [0.5, 0.6) is 0 Å². The van der Waals surface area contributed by atoms with Crippen LogP contribution in [0.1, 0.15) is 13.3 Å². The van der Waals surface area contributed by atoms with Crippen LogP contribution >= 0.6 is 23.5 Å². The normalized spacial score (nSPS) is 27.8. The molecule has 0 bridgehead atoms. The first kappa shape index (κ1) is 11.2. The van der Waals surface area contributed by atoms with Crippen molar-refractivity contribution in [1.29, 1.82) is 0 Å². The van der Waals surface area contributed by atoms with E-state index in [1.165, 1.54) is 0 Å². The first-order chi connectivity index (χ1) is 6.24. The standard InChI is InChI=1S/C8H15NO2S2/c1-2-12-4-3-7-9-6(5-13-7)8(10)11/h6-7,9H,2-5H2,1H3,(H,10,11)/t6-,7?/m0/s1. The topological polar surface area (TPSA) is 49.3 Å². The fourth-order valence-electron chi connectivity index (χ4n) is 1.18. The van der Waals surface area contributed by atoms with Crippen LogP contribution < -0.4 is 5.32 Å². The zero-order valence-electron chi connectivity index (χ0n) is 7.66. The van der Waals surface area contributed by atoms with Crippen LogP contribution in [0.15, 0.2) is 0 Å². The van der Waals surface area contributed by atoms with Crippen LogP contribution in [0.4, 0.5) is 0 Å². The second-order valence-corrected chi connectivity index (χ2v) is 5.49. The number of rotatable bonds is 5. The van der Waals surface area contributed by atoms with Gasteiger partial charge in [-0.15, -0.1) is 11.8 Å². The maximum atomic E-state index is 10.6. The fraction of sp³-hybridized carbons (Fsp3) is 0.875. The van der Waals surface area contributed by atoms with E-state index in [1.54, 1.807) is 11.8 Å². The van der Waals surface area contributed by atoms with Gasteiger partial charge in [0.05, 0.1) is 5.37 Å². The number of carbonyl (C=O) groups is 1. The number of aliphatic carboxylic acids is 1. The lowest BCUT2D eigenvalue weighted by molar-refractivity contribution is -0.138. The van der Waals surface area contributed by atoms with Crippen LogP contribution in [0, 0.1) is 0 Å². The molecule has 0 aromatic carbocycles. The average molecular weight is 221 g/mol. The highest BCUT2D eigenvalue weighted by molar-refractivity contribution is 8.00. The first-order valence-electron chi connectivity index (χ1n) is 4.42. The summed E-state index contributed by atoms with van der Waals surface area (Å²) in [6, 6.07) is -0.332. The minimum Gasteiger partial charge on any atom is -0.480 e. The molecule has 2 N–H and O–H groups in total. The van der Waals surface area contributed by atoms with E-state index < -0.39 is 5.97 Å². The summed E-state index contributed by atoms with van der Waals surface area (Å²) >= 11 is 3.63. The third-order valence-corrected chi connectivity index (χ3v) is 4.11. The number of thioether (sulfide) groups is 2. The van der Waals surface area contributed by atoms with Crippen molar-refractivity contribution in [2.24, 2.45) is 0 Å². The molecular weight excluding hydrogens is 206 g/mol. The molecule has 76 valence electrons. The molecule has 1 aliphatic heterocycles. The molecule has 0 amide bonds. The molecule has 0 radical (unpaired) electrons. The molecule has 3 nitrogen and oxygen atoms in total. The van der Waals surface area contributed by atoms with Gasteiger partial charge in [-0.3, -0.25) is 10.1 Å². The Balaban J connectivity index is 2.14. The van der Waals surface area contributed by atoms with Crippen LogP contribution in [-0.4, -0.2) is 39.8 Å². The van der Waals surface area contributed by atoms with Gasteiger partial charge in [-0.1, -0.05) is 6.92 Å². The second-order valence-electron chi connectivity index (χ2n) is 2.87. The Bertz CT molecular complexity index is 178. The number of carboxylic acids is 1. The van der Waals surface area contributed by atoms with Gasteiger partial charge in [0.15, 0.2) is 0 Å². The summed E-state index contributed by atoms with van der Waals surface area (Å²) < 4.78 is 0. The maximum Gasteiger partial charge on any atom is 0.321 e. The summed E-state index contributed by atoms with van der Waals surface area (Å²) in [5.41, 5.74) is 0. The molecule has 1 fully saturated rings. The van der Waals surface area contributed by atoms with E-state index in [9.17, 15) is 4.79 Å². The number of hydrogen-bond donors (Lipinski definition) is 2. The Morgan fingerprint density at radius 3 is 3.08 bits per heavy atom. The van der Waals surface area contributed by atoms with Crippen molar-refractivity contribution in [3.63, 3.8) is 0 Å². The van der Waals surface area contributed by atoms with Gasteiger partial charge >= 0.3 is 5.97 Å². The van der Waals surface area contributed by atoms with E-state index >= 15 is 0 Å². The fourth-order valence-corrected chi connectivity index (χ4v) is 3.23. The second kappa shape index (κ2) is 5.78. The van der Waals surface area contributed by atoms with Crippen molar-refractivity contribution in [3.8, 4) is 0 Å². The summed E-state index contributed by atoms with van der Waals surface area (Å²) in [6.45, 7) is 2.14. The number of hydrogen-bond acceptors (Lipinski definition) is 4. The predicted octanol–water partition coefficient (Wildman–Crippen LogP) is 1.25. The molecule has 0 aromatic rings. The Morgan fingerprint density at radius 1 is 1.77 bits per heavy atom. The summed E-state index contributed by atoms with van der Waals surface area (Å²) in [5, 5.41) is 12.2. The van der Waals surface area contributed by atoms with E-state index in [0.717, 1.165) is 17.9 Å². The van der Waals surface area contributed by atoms with Gasteiger partial charge in [0.2, 0.25) is 0 Å². The van der Waals surface area contributed by atoms with E-state index in [-0.39, 0.29) is 6.04 Å². The quantitative estimate of drug-likeness (QED) is 0.684. The third kappa shape index (κ3) is 3.79. The highest BCUT2D eigenvalue weighted by atomic mass is 32.2. The Labute approximate surface area is 87.0 Å².